The maximum absolute atomic E-state index is 12.6. The van der Waals surface area contributed by atoms with Crippen molar-refractivity contribution in [3.8, 4) is 0 Å². The number of ether oxygens (including phenoxy) is 1. The molecule has 0 unspecified atom stereocenters. The first kappa shape index (κ1) is 20.7. The minimum atomic E-state index is -0.428. The van der Waals surface area contributed by atoms with E-state index < -0.39 is 4.92 Å². The lowest BCUT2D eigenvalue weighted by molar-refractivity contribution is -0.384. The van der Waals surface area contributed by atoms with Crippen LogP contribution in [0.2, 0.25) is 0 Å². The molecule has 1 fully saturated rings. The summed E-state index contributed by atoms with van der Waals surface area (Å²) in [5.74, 6) is -0.145. The van der Waals surface area contributed by atoms with E-state index in [4.69, 9.17) is 0 Å². The van der Waals surface area contributed by atoms with Gasteiger partial charge in [-0.15, -0.1) is 0 Å². The molecule has 8 heteroatoms. The van der Waals surface area contributed by atoms with E-state index in [9.17, 15) is 19.7 Å². The second kappa shape index (κ2) is 9.34. The Balaban J connectivity index is 2.13. The number of benzene rings is 1. The van der Waals surface area contributed by atoms with Crippen molar-refractivity contribution < 1.29 is 19.2 Å². The molecule has 1 aromatic carbocycles. The van der Waals surface area contributed by atoms with E-state index in [1.165, 1.54) is 18.1 Å². The number of hydrogen-bond acceptors (Lipinski definition) is 6. The van der Waals surface area contributed by atoms with Crippen LogP contribution < -0.4 is 4.90 Å². The van der Waals surface area contributed by atoms with E-state index in [0.717, 1.165) is 25.9 Å². The van der Waals surface area contributed by atoms with Crippen LogP contribution >= 0.6 is 0 Å². The summed E-state index contributed by atoms with van der Waals surface area (Å²) in [4.78, 5) is 38.4. The van der Waals surface area contributed by atoms with Crippen molar-refractivity contribution in [1.82, 2.24) is 4.90 Å². The first-order valence-corrected chi connectivity index (χ1v) is 9.19. The second-order valence-corrected chi connectivity index (χ2v) is 7.06. The third-order valence-corrected chi connectivity index (χ3v) is 4.87. The molecule has 1 amide bonds. The molecular weight excluding hydrogens is 350 g/mol. The van der Waals surface area contributed by atoms with Crippen molar-refractivity contribution in [3.05, 3.63) is 33.9 Å². The summed E-state index contributed by atoms with van der Waals surface area (Å²) in [7, 11) is 2.94. The highest BCUT2D eigenvalue weighted by Crippen LogP contribution is 2.32. The van der Waals surface area contributed by atoms with E-state index >= 15 is 0 Å². The van der Waals surface area contributed by atoms with Crippen LogP contribution in [0.3, 0.4) is 0 Å². The molecule has 27 heavy (non-hydrogen) atoms. The third-order valence-electron chi connectivity index (χ3n) is 4.87. The van der Waals surface area contributed by atoms with Gasteiger partial charge in [-0.25, -0.2) is 0 Å². The second-order valence-electron chi connectivity index (χ2n) is 7.06. The molecule has 1 aliphatic rings. The number of methoxy groups -OCH3 is 1. The van der Waals surface area contributed by atoms with Crippen molar-refractivity contribution in [3.63, 3.8) is 0 Å². The zero-order chi connectivity index (χ0) is 20.0. The Morgan fingerprint density at radius 2 is 2.15 bits per heavy atom. The van der Waals surface area contributed by atoms with Gasteiger partial charge >= 0.3 is 5.97 Å². The molecule has 1 atom stereocenters. The Morgan fingerprint density at radius 1 is 1.41 bits per heavy atom. The fraction of sp³-hybridized carbons (Fsp3) is 0.579. The zero-order valence-corrected chi connectivity index (χ0v) is 16.1. The summed E-state index contributed by atoms with van der Waals surface area (Å²) in [6, 6.07) is 4.67. The maximum atomic E-state index is 12.6. The topological polar surface area (TPSA) is 93.0 Å². The Kier molecular flexibility index (Phi) is 7.15. The van der Waals surface area contributed by atoms with Crippen LogP contribution in [-0.2, 0) is 9.53 Å². The number of nitro benzene ring substituents is 1. The minimum absolute atomic E-state index is 0.0436. The highest BCUT2D eigenvalue weighted by atomic mass is 16.6. The average Bonchev–Trinajstić information content (AvgIpc) is 2.66. The molecule has 2 rings (SSSR count). The summed E-state index contributed by atoms with van der Waals surface area (Å²) >= 11 is 0. The SMILES string of the molecule is COC(=O)CCCN(C)C(=O)c1ccc(N2CCC[C@@H](C)C2)c([N+](=O)[O-])c1. The molecule has 8 nitrogen and oxygen atoms in total. The lowest BCUT2D eigenvalue weighted by Gasteiger charge is -2.32. The number of carbonyl (C=O) groups excluding carboxylic acids is 2. The number of piperidine rings is 1. The first-order valence-electron chi connectivity index (χ1n) is 9.19. The Morgan fingerprint density at radius 3 is 2.78 bits per heavy atom. The van der Waals surface area contributed by atoms with Gasteiger partial charge in [-0.3, -0.25) is 19.7 Å². The van der Waals surface area contributed by atoms with Gasteiger partial charge in [0.05, 0.1) is 12.0 Å². The van der Waals surface area contributed by atoms with Gasteiger partial charge < -0.3 is 14.5 Å². The Bertz CT molecular complexity index is 707. The Hall–Kier alpha value is -2.64. The monoisotopic (exact) mass is 377 g/mol. The van der Waals surface area contributed by atoms with Crippen LogP contribution in [0, 0.1) is 16.0 Å². The zero-order valence-electron chi connectivity index (χ0n) is 16.1. The quantitative estimate of drug-likeness (QED) is 0.412. The number of amides is 1. The fourth-order valence-corrected chi connectivity index (χ4v) is 3.36. The summed E-state index contributed by atoms with van der Waals surface area (Å²) in [5, 5.41) is 11.6. The lowest BCUT2D eigenvalue weighted by atomic mass is 9.99. The molecule has 0 spiro atoms. The van der Waals surface area contributed by atoms with Crippen LogP contribution in [0.4, 0.5) is 11.4 Å². The molecule has 1 heterocycles. The summed E-state index contributed by atoms with van der Waals surface area (Å²) in [6.07, 6.45) is 2.82. The molecule has 1 aliphatic heterocycles. The van der Waals surface area contributed by atoms with Gasteiger partial charge in [-0.05, 0) is 37.3 Å². The predicted octanol–water partition coefficient (Wildman–Crippen LogP) is 2.86. The average molecular weight is 377 g/mol. The molecular formula is C19H27N3O5. The van der Waals surface area contributed by atoms with Crippen molar-refractivity contribution in [2.45, 2.75) is 32.6 Å². The van der Waals surface area contributed by atoms with Gasteiger partial charge in [0.15, 0.2) is 0 Å². The summed E-state index contributed by atoms with van der Waals surface area (Å²) in [6.45, 7) is 4.07. The molecule has 0 N–H and O–H groups in total. The van der Waals surface area contributed by atoms with Crippen LogP contribution in [0.1, 0.15) is 43.0 Å². The van der Waals surface area contributed by atoms with E-state index in [-0.39, 0.29) is 29.5 Å². The molecule has 1 aromatic rings. The van der Waals surface area contributed by atoms with E-state index in [0.29, 0.717) is 24.6 Å². The van der Waals surface area contributed by atoms with Crippen LogP contribution in [0.15, 0.2) is 18.2 Å². The van der Waals surface area contributed by atoms with Gasteiger partial charge in [-0.1, -0.05) is 6.92 Å². The van der Waals surface area contributed by atoms with Gasteiger partial charge in [0.25, 0.3) is 11.6 Å². The fourth-order valence-electron chi connectivity index (χ4n) is 3.36. The van der Waals surface area contributed by atoms with Crippen molar-refractivity contribution in [1.29, 1.82) is 0 Å². The lowest BCUT2D eigenvalue weighted by Crippen LogP contribution is -2.34. The molecule has 0 aliphatic carbocycles. The maximum Gasteiger partial charge on any atom is 0.305 e. The third kappa shape index (κ3) is 5.42. The van der Waals surface area contributed by atoms with E-state index in [1.54, 1.807) is 19.2 Å². The van der Waals surface area contributed by atoms with Crippen molar-refractivity contribution in [2.24, 2.45) is 5.92 Å². The van der Waals surface area contributed by atoms with E-state index in [2.05, 4.69) is 11.7 Å². The molecule has 148 valence electrons. The van der Waals surface area contributed by atoms with Crippen molar-refractivity contribution in [2.75, 3.05) is 38.7 Å². The van der Waals surface area contributed by atoms with Gasteiger partial charge in [0, 0.05) is 44.7 Å². The number of carbonyl (C=O) groups is 2. The number of nitrogens with zero attached hydrogens (tertiary/aromatic N) is 3. The number of hydrogen-bond donors (Lipinski definition) is 0. The first-order chi connectivity index (χ1) is 12.8. The number of rotatable bonds is 7. The molecule has 0 radical (unpaired) electrons. The highest BCUT2D eigenvalue weighted by molar-refractivity contribution is 5.95. The smallest absolute Gasteiger partial charge is 0.305 e. The van der Waals surface area contributed by atoms with Crippen LogP contribution in [0.5, 0.6) is 0 Å². The number of nitro groups is 1. The number of anilines is 1. The summed E-state index contributed by atoms with van der Waals surface area (Å²) in [5.41, 5.74) is 0.797. The molecule has 0 aromatic heterocycles. The normalized spacial score (nSPS) is 16.7. The minimum Gasteiger partial charge on any atom is -0.469 e. The predicted molar refractivity (Wildman–Crippen MR) is 102 cm³/mol. The number of esters is 1. The van der Waals surface area contributed by atoms with E-state index in [1.807, 2.05) is 4.90 Å². The largest absolute Gasteiger partial charge is 0.469 e. The van der Waals surface area contributed by atoms with Crippen LogP contribution in [0.25, 0.3) is 0 Å². The van der Waals surface area contributed by atoms with Crippen LogP contribution in [-0.4, -0.2) is 55.5 Å². The van der Waals surface area contributed by atoms with Crippen molar-refractivity contribution >= 4 is 23.3 Å². The standard InChI is InChI=1S/C19H27N3O5/c1-14-6-4-11-21(13-14)16-9-8-15(12-17(16)22(25)26)19(24)20(2)10-5-7-18(23)27-3/h8-9,12,14H,4-7,10-11,13H2,1-3H3/t14-/m1/s1. The molecule has 0 bridgehead atoms. The van der Waals surface area contributed by atoms with Gasteiger partial charge in [0.1, 0.15) is 5.69 Å². The Labute approximate surface area is 159 Å². The van der Waals surface area contributed by atoms with Gasteiger partial charge in [-0.2, -0.15) is 0 Å². The highest BCUT2D eigenvalue weighted by Gasteiger charge is 2.25. The molecule has 1 saturated heterocycles. The van der Waals surface area contributed by atoms with Gasteiger partial charge in [0.2, 0.25) is 0 Å². The molecule has 0 saturated carbocycles. The summed E-state index contributed by atoms with van der Waals surface area (Å²) < 4.78 is 4.58.